The molecule has 1 aliphatic heterocycles. The molecule has 1 fully saturated rings. The average Bonchev–Trinajstić information content (AvgIpc) is 2.55. The monoisotopic (exact) mass is 286 g/mol. The molecule has 1 aliphatic rings. The molecule has 2 aromatic carbocycles. The fourth-order valence-corrected chi connectivity index (χ4v) is 2.66. The minimum Gasteiger partial charge on any atom is -0.491 e. The maximum absolute atomic E-state index is 5.66. The third-order valence-electron chi connectivity index (χ3n) is 3.83. The van der Waals surface area contributed by atoms with Gasteiger partial charge in [-0.15, -0.1) is 0 Å². The van der Waals surface area contributed by atoms with E-state index in [1.165, 1.54) is 16.5 Å². The predicted molar refractivity (Wildman–Crippen MR) is 86.4 cm³/mol. The molecule has 0 aliphatic carbocycles. The van der Waals surface area contributed by atoms with E-state index in [1.807, 2.05) is 6.07 Å². The molecule has 0 radical (unpaired) electrons. The lowest BCUT2D eigenvalue weighted by Gasteiger charge is -2.29. The number of benzene rings is 2. The van der Waals surface area contributed by atoms with Crippen LogP contribution >= 0.6 is 0 Å². The Hall–Kier alpha value is -1.78. The van der Waals surface area contributed by atoms with Crippen molar-refractivity contribution in [2.24, 2.45) is 0 Å². The van der Waals surface area contributed by atoms with Crippen molar-refractivity contribution in [1.82, 2.24) is 5.32 Å². The molecule has 112 valence electrons. The van der Waals surface area contributed by atoms with Gasteiger partial charge in [-0.05, 0) is 35.0 Å². The SMILES string of the molecule is COCCOc1ccc2cc(N3CCNCC3)ccc2c1. The summed E-state index contributed by atoms with van der Waals surface area (Å²) in [5, 5.41) is 5.85. The van der Waals surface area contributed by atoms with Crippen LogP contribution in [-0.2, 0) is 4.74 Å². The highest BCUT2D eigenvalue weighted by molar-refractivity contribution is 5.87. The van der Waals surface area contributed by atoms with Gasteiger partial charge in [-0.2, -0.15) is 0 Å². The van der Waals surface area contributed by atoms with Crippen LogP contribution in [0.4, 0.5) is 5.69 Å². The van der Waals surface area contributed by atoms with E-state index in [9.17, 15) is 0 Å². The molecule has 21 heavy (non-hydrogen) atoms. The number of nitrogens with one attached hydrogen (secondary N) is 1. The Balaban J connectivity index is 1.77. The minimum atomic E-state index is 0.584. The number of methoxy groups -OCH3 is 1. The lowest BCUT2D eigenvalue weighted by Crippen LogP contribution is -2.43. The summed E-state index contributed by atoms with van der Waals surface area (Å²) in [6, 6.07) is 12.9. The maximum atomic E-state index is 5.66. The smallest absolute Gasteiger partial charge is 0.120 e. The van der Waals surface area contributed by atoms with Crippen LogP contribution in [0.5, 0.6) is 5.75 Å². The van der Waals surface area contributed by atoms with Gasteiger partial charge in [0.25, 0.3) is 0 Å². The Morgan fingerprint density at radius 2 is 1.76 bits per heavy atom. The lowest BCUT2D eigenvalue weighted by atomic mass is 10.1. The predicted octanol–water partition coefficient (Wildman–Crippen LogP) is 2.27. The van der Waals surface area contributed by atoms with Crippen LogP contribution in [-0.4, -0.2) is 46.5 Å². The van der Waals surface area contributed by atoms with Crippen molar-refractivity contribution in [3.8, 4) is 5.75 Å². The average molecular weight is 286 g/mol. The molecule has 4 heteroatoms. The van der Waals surface area contributed by atoms with Crippen LogP contribution in [0, 0.1) is 0 Å². The van der Waals surface area contributed by atoms with Gasteiger partial charge in [0.2, 0.25) is 0 Å². The van der Waals surface area contributed by atoms with Crippen LogP contribution in [0.3, 0.4) is 0 Å². The van der Waals surface area contributed by atoms with E-state index in [2.05, 4.69) is 40.5 Å². The molecule has 0 unspecified atom stereocenters. The zero-order chi connectivity index (χ0) is 14.5. The fraction of sp³-hybridized carbons (Fsp3) is 0.412. The molecule has 0 saturated carbocycles. The van der Waals surface area contributed by atoms with Crippen molar-refractivity contribution in [3.05, 3.63) is 36.4 Å². The Morgan fingerprint density at radius 3 is 2.57 bits per heavy atom. The van der Waals surface area contributed by atoms with Crippen LogP contribution in [0.2, 0.25) is 0 Å². The summed E-state index contributed by atoms with van der Waals surface area (Å²) in [5.41, 5.74) is 1.30. The summed E-state index contributed by atoms with van der Waals surface area (Å²) in [6.07, 6.45) is 0. The number of rotatable bonds is 5. The molecule has 4 nitrogen and oxygen atoms in total. The molecule has 1 heterocycles. The van der Waals surface area contributed by atoms with Crippen molar-refractivity contribution < 1.29 is 9.47 Å². The maximum Gasteiger partial charge on any atom is 0.120 e. The first kappa shape index (κ1) is 14.2. The van der Waals surface area contributed by atoms with E-state index in [4.69, 9.17) is 9.47 Å². The van der Waals surface area contributed by atoms with Crippen molar-refractivity contribution in [1.29, 1.82) is 0 Å². The normalized spacial score (nSPS) is 15.4. The van der Waals surface area contributed by atoms with E-state index in [0.717, 1.165) is 31.9 Å². The second kappa shape index (κ2) is 6.78. The zero-order valence-electron chi connectivity index (χ0n) is 12.5. The minimum absolute atomic E-state index is 0.584. The van der Waals surface area contributed by atoms with Crippen LogP contribution < -0.4 is 15.0 Å². The zero-order valence-corrected chi connectivity index (χ0v) is 12.5. The third-order valence-corrected chi connectivity index (χ3v) is 3.83. The van der Waals surface area contributed by atoms with E-state index in [1.54, 1.807) is 7.11 Å². The van der Waals surface area contributed by atoms with Crippen LogP contribution in [0.1, 0.15) is 0 Å². The highest BCUT2D eigenvalue weighted by Crippen LogP contribution is 2.26. The molecule has 0 aromatic heterocycles. The molecule has 2 aromatic rings. The molecule has 1 N–H and O–H groups in total. The first-order valence-corrected chi connectivity index (χ1v) is 7.48. The quantitative estimate of drug-likeness (QED) is 0.855. The molecule has 1 saturated heterocycles. The van der Waals surface area contributed by atoms with Gasteiger partial charge in [0.15, 0.2) is 0 Å². The summed E-state index contributed by atoms with van der Waals surface area (Å²) in [6.45, 7) is 5.46. The Kier molecular flexibility index (Phi) is 4.58. The molecule has 3 rings (SSSR count). The molecule has 0 atom stereocenters. The standard InChI is InChI=1S/C17H22N2O2/c1-20-10-11-21-17-5-3-14-12-16(4-2-15(14)13-17)19-8-6-18-7-9-19/h2-5,12-13,18H,6-11H2,1H3. The Bertz CT molecular complexity index is 594. The summed E-state index contributed by atoms with van der Waals surface area (Å²) < 4.78 is 10.7. The molecular formula is C17H22N2O2. The highest BCUT2D eigenvalue weighted by Gasteiger charge is 2.10. The van der Waals surface area contributed by atoms with Gasteiger partial charge in [-0.25, -0.2) is 0 Å². The van der Waals surface area contributed by atoms with Gasteiger partial charge in [0.05, 0.1) is 6.61 Å². The lowest BCUT2D eigenvalue weighted by molar-refractivity contribution is 0.146. The number of ether oxygens (including phenoxy) is 2. The molecule has 0 bridgehead atoms. The second-order valence-corrected chi connectivity index (χ2v) is 5.27. The van der Waals surface area contributed by atoms with Crippen LogP contribution in [0.25, 0.3) is 10.8 Å². The van der Waals surface area contributed by atoms with Gasteiger partial charge in [0, 0.05) is 39.0 Å². The summed E-state index contributed by atoms with van der Waals surface area (Å²) >= 11 is 0. The van der Waals surface area contributed by atoms with Gasteiger partial charge in [-0.1, -0.05) is 12.1 Å². The van der Waals surface area contributed by atoms with Crippen molar-refractivity contribution in [2.75, 3.05) is 51.4 Å². The Labute approximate surface area is 125 Å². The van der Waals surface area contributed by atoms with E-state index >= 15 is 0 Å². The number of hydrogen-bond acceptors (Lipinski definition) is 4. The topological polar surface area (TPSA) is 33.7 Å². The second-order valence-electron chi connectivity index (χ2n) is 5.27. The van der Waals surface area contributed by atoms with Crippen molar-refractivity contribution >= 4 is 16.5 Å². The number of piperazine rings is 1. The Morgan fingerprint density at radius 1 is 1.00 bits per heavy atom. The molecule has 0 amide bonds. The van der Waals surface area contributed by atoms with E-state index in [-0.39, 0.29) is 0 Å². The van der Waals surface area contributed by atoms with E-state index < -0.39 is 0 Å². The van der Waals surface area contributed by atoms with Gasteiger partial charge < -0.3 is 19.7 Å². The number of hydrogen-bond donors (Lipinski definition) is 1. The number of anilines is 1. The molecular weight excluding hydrogens is 264 g/mol. The van der Waals surface area contributed by atoms with Crippen LogP contribution in [0.15, 0.2) is 36.4 Å². The summed E-state index contributed by atoms with van der Waals surface area (Å²) in [7, 11) is 1.68. The van der Waals surface area contributed by atoms with Gasteiger partial charge in [0.1, 0.15) is 12.4 Å². The van der Waals surface area contributed by atoms with Crippen molar-refractivity contribution in [2.45, 2.75) is 0 Å². The van der Waals surface area contributed by atoms with Gasteiger partial charge in [-0.3, -0.25) is 0 Å². The summed E-state index contributed by atoms with van der Waals surface area (Å²) in [5.74, 6) is 0.898. The third kappa shape index (κ3) is 3.46. The summed E-state index contributed by atoms with van der Waals surface area (Å²) in [4.78, 5) is 2.43. The largest absolute Gasteiger partial charge is 0.491 e. The number of nitrogens with zero attached hydrogens (tertiary/aromatic N) is 1. The highest BCUT2D eigenvalue weighted by atomic mass is 16.5. The van der Waals surface area contributed by atoms with Gasteiger partial charge >= 0.3 is 0 Å². The van der Waals surface area contributed by atoms with Crippen molar-refractivity contribution in [3.63, 3.8) is 0 Å². The fourth-order valence-electron chi connectivity index (χ4n) is 2.66. The first-order valence-electron chi connectivity index (χ1n) is 7.48. The first-order chi connectivity index (χ1) is 10.4. The molecule has 0 spiro atoms. The van der Waals surface area contributed by atoms with E-state index in [0.29, 0.717) is 13.2 Å². The number of fused-ring (bicyclic) bond motifs is 1.